The molecule has 2 rings (SSSR count). The van der Waals surface area contributed by atoms with Crippen molar-refractivity contribution in [2.24, 2.45) is 4.99 Å². The summed E-state index contributed by atoms with van der Waals surface area (Å²) in [6.45, 7) is 7.03. The van der Waals surface area contributed by atoms with Crippen LogP contribution in [-0.4, -0.2) is 70.6 Å². The number of nitrogens with zero attached hydrogens (tertiary/aromatic N) is 2. The molecule has 28 heavy (non-hydrogen) atoms. The van der Waals surface area contributed by atoms with Crippen LogP contribution in [0.3, 0.4) is 0 Å². The van der Waals surface area contributed by atoms with Gasteiger partial charge in [0.2, 0.25) is 0 Å². The van der Waals surface area contributed by atoms with Crippen LogP contribution < -0.4 is 5.32 Å². The summed E-state index contributed by atoms with van der Waals surface area (Å²) in [6.07, 6.45) is 3.34. The number of likely N-dealkylation sites (tertiary alicyclic amines) is 1. The van der Waals surface area contributed by atoms with E-state index in [-0.39, 0.29) is 30.1 Å². The molecule has 1 fully saturated rings. The lowest BCUT2D eigenvalue weighted by Gasteiger charge is -2.34. The topological polar surface area (TPSA) is 55.3 Å². The fourth-order valence-electron chi connectivity index (χ4n) is 3.27. The molecule has 1 unspecified atom stereocenters. The van der Waals surface area contributed by atoms with E-state index < -0.39 is 0 Å². The Labute approximate surface area is 187 Å². The first-order valence-electron chi connectivity index (χ1n) is 10.00. The molecule has 0 aliphatic carbocycles. The minimum absolute atomic E-state index is 0. The number of rotatable bonds is 10. The Balaban J connectivity index is 0.00000392. The Bertz CT molecular complexity index is 537. The van der Waals surface area contributed by atoms with Gasteiger partial charge in [-0.2, -0.15) is 0 Å². The minimum atomic E-state index is -0.0264. The molecule has 1 atom stereocenters. The standard InChI is InChI=1S/C21H35N3O3.HI/c1-4-22-21(23-17-20(26-3)18-9-6-5-7-10-18)24-13-11-19(12-14-24)27-16-8-15-25-2;/h5-7,9-10,19-20H,4,8,11-17H2,1-3H3,(H,22,23);1H. The molecule has 1 heterocycles. The van der Waals surface area contributed by atoms with E-state index in [1.807, 2.05) is 18.2 Å². The monoisotopic (exact) mass is 505 g/mol. The first kappa shape index (κ1) is 25.1. The van der Waals surface area contributed by atoms with Gasteiger partial charge in [-0.1, -0.05) is 30.3 Å². The molecule has 1 aliphatic rings. The predicted molar refractivity (Wildman–Crippen MR) is 125 cm³/mol. The van der Waals surface area contributed by atoms with Crippen molar-refractivity contribution in [3.8, 4) is 0 Å². The maximum Gasteiger partial charge on any atom is 0.194 e. The fraction of sp³-hybridized carbons (Fsp3) is 0.667. The summed E-state index contributed by atoms with van der Waals surface area (Å²) in [6, 6.07) is 10.3. The van der Waals surface area contributed by atoms with Crippen molar-refractivity contribution in [1.82, 2.24) is 10.2 Å². The summed E-state index contributed by atoms with van der Waals surface area (Å²) in [5.74, 6) is 0.966. The zero-order chi connectivity index (χ0) is 19.3. The lowest BCUT2D eigenvalue weighted by molar-refractivity contribution is 0.00984. The largest absolute Gasteiger partial charge is 0.385 e. The molecule has 0 bridgehead atoms. The highest BCUT2D eigenvalue weighted by atomic mass is 127. The highest BCUT2D eigenvalue weighted by Gasteiger charge is 2.22. The Morgan fingerprint density at radius 1 is 1.18 bits per heavy atom. The van der Waals surface area contributed by atoms with Gasteiger partial charge in [0.15, 0.2) is 5.96 Å². The van der Waals surface area contributed by atoms with Crippen LogP contribution in [0.1, 0.15) is 37.9 Å². The minimum Gasteiger partial charge on any atom is -0.385 e. The Hall–Kier alpha value is -0.900. The van der Waals surface area contributed by atoms with E-state index in [1.54, 1.807) is 14.2 Å². The zero-order valence-electron chi connectivity index (χ0n) is 17.4. The summed E-state index contributed by atoms with van der Waals surface area (Å²) in [5, 5.41) is 3.42. The lowest BCUT2D eigenvalue weighted by Crippen LogP contribution is -2.47. The van der Waals surface area contributed by atoms with Gasteiger partial charge in [-0.05, 0) is 31.7 Å². The van der Waals surface area contributed by atoms with Crippen LogP contribution in [0.15, 0.2) is 35.3 Å². The van der Waals surface area contributed by atoms with E-state index in [1.165, 1.54) is 0 Å². The third-order valence-corrected chi connectivity index (χ3v) is 4.79. The second-order valence-electron chi connectivity index (χ2n) is 6.73. The molecule has 0 saturated carbocycles. The maximum atomic E-state index is 5.96. The number of piperidine rings is 1. The van der Waals surface area contributed by atoms with Gasteiger partial charge in [0, 0.05) is 47.1 Å². The van der Waals surface area contributed by atoms with E-state index in [0.717, 1.165) is 63.6 Å². The summed E-state index contributed by atoms with van der Waals surface area (Å²) >= 11 is 0. The molecule has 160 valence electrons. The molecule has 0 amide bonds. The van der Waals surface area contributed by atoms with Gasteiger partial charge in [0.25, 0.3) is 0 Å². The fourth-order valence-corrected chi connectivity index (χ4v) is 3.27. The second kappa shape index (κ2) is 15.0. The van der Waals surface area contributed by atoms with Gasteiger partial charge in [0.05, 0.1) is 12.6 Å². The summed E-state index contributed by atoms with van der Waals surface area (Å²) < 4.78 is 16.7. The molecule has 7 heteroatoms. The van der Waals surface area contributed by atoms with Gasteiger partial charge in [-0.25, -0.2) is 0 Å². The van der Waals surface area contributed by atoms with Crippen molar-refractivity contribution in [3.63, 3.8) is 0 Å². The molecule has 1 aliphatic heterocycles. The molecule has 1 aromatic rings. The Kier molecular flexibility index (Phi) is 13.5. The highest BCUT2D eigenvalue weighted by Crippen LogP contribution is 2.18. The molecule has 1 N–H and O–H groups in total. The molecular weight excluding hydrogens is 469 g/mol. The van der Waals surface area contributed by atoms with Crippen LogP contribution in [0.2, 0.25) is 0 Å². The van der Waals surface area contributed by atoms with Crippen molar-refractivity contribution in [1.29, 1.82) is 0 Å². The van der Waals surface area contributed by atoms with Crippen LogP contribution in [0.5, 0.6) is 0 Å². The van der Waals surface area contributed by atoms with E-state index >= 15 is 0 Å². The molecule has 6 nitrogen and oxygen atoms in total. The average Bonchev–Trinajstić information content (AvgIpc) is 2.72. The normalized spacial score (nSPS) is 16.5. The van der Waals surface area contributed by atoms with Crippen molar-refractivity contribution < 1.29 is 14.2 Å². The van der Waals surface area contributed by atoms with Crippen molar-refractivity contribution in [2.45, 2.75) is 38.4 Å². The van der Waals surface area contributed by atoms with Crippen LogP contribution in [0.4, 0.5) is 0 Å². The van der Waals surface area contributed by atoms with E-state index in [9.17, 15) is 0 Å². The van der Waals surface area contributed by atoms with Crippen molar-refractivity contribution in [2.75, 3.05) is 53.6 Å². The van der Waals surface area contributed by atoms with E-state index in [2.05, 4.69) is 29.3 Å². The molecule has 1 saturated heterocycles. The van der Waals surface area contributed by atoms with Crippen LogP contribution in [0, 0.1) is 0 Å². The van der Waals surface area contributed by atoms with Gasteiger partial charge >= 0.3 is 0 Å². The quantitative estimate of drug-likeness (QED) is 0.229. The molecule has 1 aromatic carbocycles. The Morgan fingerprint density at radius 2 is 1.89 bits per heavy atom. The Morgan fingerprint density at radius 3 is 2.50 bits per heavy atom. The number of nitrogens with one attached hydrogen (secondary N) is 1. The summed E-state index contributed by atoms with van der Waals surface area (Å²) in [5.41, 5.74) is 1.16. The van der Waals surface area contributed by atoms with E-state index in [0.29, 0.717) is 12.6 Å². The van der Waals surface area contributed by atoms with E-state index in [4.69, 9.17) is 19.2 Å². The molecule has 0 spiro atoms. The zero-order valence-corrected chi connectivity index (χ0v) is 19.8. The summed E-state index contributed by atoms with van der Waals surface area (Å²) in [7, 11) is 3.47. The van der Waals surface area contributed by atoms with Gasteiger partial charge in [-0.3, -0.25) is 4.99 Å². The number of halogens is 1. The number of aliphatic imine (C=N–C) groups is 1. The number of ether oxygens (including phenoxy) is 3. The van der Waals surface area contributed by atoms with Gasteiger partial charge < -0.3 is 24.4 Å². The number of hydrogen-bond acceptors (Lipinski definition) is 4. The van der Waals surface area contributed by atoms with Gasteiger partial charge in [0.1, 0.15) is 6.10 Å². The summed E-state index contributed by atoms with van der Waals surface area (Å²) in [4.78, 5) is 7.17. The molecule has 0 aromatic heterocycles. The highest BCUT2D eigenvalue weighted by molar-refractivity contribution is 14.0. The SMILES string of the molecule is CCNC(=NCC(OC)c1ccccc1)N1CCC(OCCCOC)CC1.I. The smallest absolute Gasteiger partial charge is 0.194 e. The average molecular weight is 505 g/mol. The van der Waals surface area contributed by atoms with Crippen LogP contribution in [0.25, 0.3) is 0 Å². The maximum absolute atomic E-state index is 5.96. The number of hydrogen-bond donors (Lipinski definition) is 1. The second-order valence-corrected chi connectivity index (χ2v) is 6.73. The number of guanidine groups is 1. The number of benzene rings is 1. The first-order valence-corrected chi connectivity index (χ1v) is 10.00. The number of methoxy groups -OCH3 is 2. The molecular formula is C21H36IN3O3. The van der Waals surface area contributed by atoms with Crippen molar-refractivity contribution in [3.05, 3.63) is 35.9 Å². The van der Waals surface area contributed by atoms with Crippen LogP contribution in [-0.2, 0) is 14.2 Å². The molecule has 0 radical (unpaired) electrons. The predicted octanol–water partition coefficient (Wildman–Crippen LogP) is 3.48. The first-order chi connectivity index (χ1) is 13.3. The third-order valence-electron chi connectivity index (χ3n) is 4.79. The van der Waals surface area contributed by atoms with Crippen LogP contribution >= 0.6 is 24.0 Å². The van der Waals surface area contributed by atoms with Gasteiger partial charge in [-0.15, -0.1) is 24.0 Å². The lowest BCUT2D eigenvalue weighted by atomic mass is 10.1. The van der Waals surface area contributed by atoms with Crippen molar-refractivity contribution >= 4 is 29.9 Å². The third kappa shape index (κ3) is 8.63.